The molecule has 0 fully saturated rings. The van der Waals surface area contributed by atoms with Crippen molar-refractivity contribution in [2.45, 2.75) is 25.8 Å². The number of nitrogens with one attached hydrogen (secondary N) is 1. The number of nitrogens with two attached hydrogens (primary N) is 1. The minimum Gasteiger partial charge on any atom is -0.324 e. The van der Waals surface area contributed by atoms with E-state index in [4.69, 9.17) is 5.73 Å². The molecule has 5 heteroatoms. The quantitative estimate of drug-likeness (QED) is 0.876. The summed E-state index contributed by atoms with van der Waals surface area (Å²) in [4.78, 5) is 11.7. The van der Waals surface area contributed by atoms with Crippen LogP contribution >= 0.6 is 31.9 Å². The maximum atomic E-state index is 11.7. The molecule has 0 radical (unpaired) electrons. The molecule has 88 valence electrons. The number of carbonyl (C=O) groups is 1. The van der Waals surface area contributed by atoms with Gasteiger partial charge >= 0.3 is 0 Å². The highest BCUT2D eigenvalue weighted by Crippen LogP contribution is 2.26. The van der Waals surface area contributed by atoms with Crippen LogP contribution in [0.2, 0.25) is 0 Å². The average Bonchev–Trinajstić information content (AvgIpc) is 2.23. The fraction of sp³-hybridized carbons (Fsp3) is 0.364. The number of amides is 1. The molecule has 1 amide bonds. The number of anilines is 1. The van der Waals surface area contributed by atoms with Gasteiger partial charge in [0, 0.05) is 8.95 Å². The maximum Gasteiger partial charge on any atom is 0.241 e. The minimum absolute atomic E-state index is 0.152. The lowest BCUT2D eigenvalue weighted by Gasteiger charge is -2.12. The van der Waals surface area contributed by atoms with Gasteiger partial charge in [0.05, 0.1) is 11.7 Å². The normalized spacial score (nSPS) is 12.2. The molecule has 0 aromatic heterocycles. The average molecular weight is 350 g/mol. The van der Waals surface area contributed by atoms with E-state index in [9.17, 15) is 4.79 Å². The molecule has 1 atom stereocenters. The Kier molecular flexibility index (Phi) is 5.44. The van der Waals surface area contributed by atoms with Gasteiger partial charge in [0.25, 0.3) is 0 Å². The second-order valence-corrected chi connectivity index (χ2v) is 5.28. The van der Waals surface area contributed by atoms with E-state index in [1.807, 2.05) is 25.1 Å². The van der Waals surface area contributed by atoms with Gasteiger partial charge in [0.1, 0.15) is 0 Å². The van der Waals surface area contributed by atoms with Crippen LogP contribution < -0.4 is 11.1 Å². The molecule has 0 spiro atoms. The van der Waals surface area contributed by atoms with Crippen LogP contribution in [0.15, 0.2) is 27.1 Å². The van der Waals surface area contributed by atoms with Crippen LogP contribution in [0.5, 0.6) is 0 Å². The number of halogens is 2. The highest BCUT2D eigenvalue weighted by atomic mass is 79.9. The predicted molar refractivity (Wildman–Crippen MR) is 73.4 cm³/mol. The van der Waals surface area contributed by atoms with E-state index >= 15 is 0 Å². The topological polar surface area (TPSA) is 55.1 Å². The van der Waals surface area contributed by atoms with Gasteiger partial charge in [0.15, 0.2) is 0 Å². The molecule has 0 bridgehead atoms. The van der Waals surface area contributed by atoms with Crippen LogP contribution in [-0.2, 0) is 4.79 Å². The van der Waals surface area contributed by atoms with Crippen LogP contribution in [0.25, 0.3) is 0 Å². The van der Waals surface area contributed by atoms with Gasteiger partial charge in [-0.15, -0.1) is 0 Å². The van der Waals surface area contributed by atoms with Gasteiger partial charge in [-0.3, -0.25) is 4.79 Å². The van der Waals surface area contributed by atoms with Crippen LogP contribution in [0.3, 0.4) is 0 Å². The minimum atomic E-state index is -0.448. The van der Waals surface area contributed by atoms with Crippen molar-refractivity contribution in [3.05, 3.63) is 27.1 Å². The molecular formula is C11H14Br2N2O. The van der Waals surface area contributed by atoms with E-state index in [1.165, 1.54) is 0 Å². The number of hydrogen-bond acceptors (Lipinski definition) is 2. The summed E-state index contributed by atoms with van der Waals surface area (Å²) in [6.45, 7) is 2.00. The Balaban J connectivity index is 2.72. The first-order valence-corrected chi connectivity index (χ1v) is 6.64. The molecule has 1 aromatic carbocycles. The molecule has 1 aromatic rings. The van der Waals surface area contributed by atoms with Crippen molar-refractivity contribution in [2.75, 3.05) is 5.32 Å². The van der Waals surface area contributed by atoms with Crippen molar-refractivity contribution in [1.82, 2.24) is 0 Å². The second-order valence-electron chi connectivity index (χ2n) is 3.51. The third-order valence-electron chi connectivity index (χ3n) is 2.12. The molecule has 3 N–H and O–H groups in total. The Morgan fingerprint density at radius 2 is 2.19 bits per heavy atom. The Hall–Kier alpha value is -0.390. The molecule has 0 heterocycles. The van der Waals surface area contributed by atoms with Gasteiger partial charge in [-0.1, -0.05) is 29.3 Å². The third kappa shape index (κ3) is 3.88. The lowest BCUT2D eigenvalue weighted by molar-refractivity contribution is -0.117. The lowest BCUT2D eigenvalue weighted by Crippen LogP contribution is -2.35. The molecule has 0 saturated carbocycles. The van der Waals surface area contributed by atoms with Gasteiger partial charge < -0.3 is 11.1 Å². The van der Waals surface area contributed by atoms with E-state index in [0.29, 0.717) is 6.42 Å². The molecule has 0 aliphatic heterocycles. The second kappa shape index (κ2) is 6.37. The summed E-state index contributed by atoms with van der Waals surface area (Å²) in [5, 5.41) is 2.79. The first-order chi connectivity index (χ1) is 7.54. The molecule has 1 unspecified atom stereocenters. The van der Waals surface area contributed by atoms with E-state index < -0.39 is 6.04 Å². The smallest absolute Gasteiger partial charge is 0.241 e. The summed E-state index contributed by atoms with van der Waals surface area (Å²) in [5.74, 6) is -0.152. The highest BCUT2D eigenvalue weighted by Gasteiger charge is 2.13. The predicted octanol–water partition coefficient (Wildman–Crippen LogP) is 3.28. The van der Waals surface area contributed by atoms with Crippen LogP contribution in [0.1, 0.15) is 19.8 Å². The zero-order valence-corrected chi connectivity index (χ0v) is 12.1. The highest BCUT2D eigenvalue weighted by molar-refractivity contribution is 9.11. The SMILES string of the molecule is CCCC(N)C(=O)Nc1cc(Br)ccc1Br. The summed E-state index contributed by atoms with van der Waals surface area (Å²) >= 11 is 6.72. The van der Waals surface area contributed by atoms with E-state index in [1.54, 1.807) is 0 Å². The molecule has 0 aliphatic rings. The summed E-state index contributed by atoms with van der Waals surface area (Å²) in [6, 6.07) is 5.15. The molecule has 0 saturated heterocycles. The number of carbonyl (C=O) groups excluding carboxylic acids is 1. The Bertz CT molecular complexity index is 382. The number of benzene rings is 1. The maximum absolute atomic E-state index is 11.7. The van der Waals surface area contributed by atoms with Crippen molar-refractivity contribution < 1.29 is 4.79 Å². The van der Waals surface area contributed by atoms with Gasteiger partial charge in [-0.25, -0.2) is 0 Å². The first kappa shape index (κ1) is 13.7. The molecule has 1 rings (SSSR count). The summed E-state index contributed by atoms with van der Waals surface area (Å²) in [6.07, 6.45) is 1.59. The molecule has 16 heavy (non-hydrogen) atoms. The Morgan fingerprint density at radius 3 is 2.81 bits per heavy atom. The summed E-state index contributed by atoms with van der Waals surface area (Å²) in [7, 11) is 0. The lowest BCUT2D eigenvalue weighted by atomic mass is 10.1. The van der Waals surface area contributed by atoms with Gasteiger partial charge in [-0.05, 0) is 40.5 Å². The van der Waals surface area contributed by atoms with Crippen molar-refractivity contribution in [1.29, 1.82) is 0 Å². The Labute approximate surface area is 112 Å². The number of rotatable bonds is 4. The third-order valence-corrected chi connectivity index (χ3v) is 3.31. The summed E-state index contributed by atoms with van der Waals surface area (Å²) in [5.41, 5.74) is 6.45. The van der Waals surface area contributed by atoms with Crippen molar-refractivity contribution in [3.63, 3.8) is 0 Å². The van der Waals surface area contributed by atoms with Gasteiger partial charge in [0.2, 0.25) is 5.91 Å². The fourth-order valence-electron chi connectivity index (χ4n) is 1.26. The Morgan fingerprint density at radius 1 is 1.50 bits per heavy atom. The zero-order valence-electron chi connectivity index (χ0n) is 8.97. The molecule has 0 aliphatic carbocycles. The summed E-state index contributed by atoms with van der Waals surface area (Å²) < 4.78 is 1.75. The van der Waals surface area contributed by atoms with Crippen LogP contribution in [0, 0.1) is 0 Å². The monoisotopic (exact) mass is 348 g/mol. The zero-order chi connectivity index (χ0) is 12.1. The van der Waals surface area contributed by atoms with E-state index in [0.717, 1.165) is 21.1 Å². The van der Waals surface area contributed by atoms with E-state index in [-0.39, 0.29) is 5.91 Å². The van der Waals surface area contributed by atoms with E-state index in [2.05, 4.69) is 37.2 Å². The van der Waals surface area contributed by atoms with Crippen molar-refractivity contribution in [3.8, 4) is 0 Å². The van der Waals surface area contributed by atoms with Crippen molar-refractivity contribution >= 4 is 43.5 Å². The van der Waals surface area contributed by atoms with Crippen LogP contribution in [-0.4, -0.2) is 11.9 Å². The fourth-order valence-corrected chi connectivity index (χ4v) is 1.97. The largest absolute Gasteiger partial charge is 0.324 e. The van der Waals surface area contributed by atoms with Gasteiger partial charge in [-0.2, -0.15) is 0 Å². The molecule has 3 nitrogen and oxygen atoms in total. The van der Waals surface area contributed by atoms with Crippen molar-refractivity contribution in [2.24, 2.45) is 5.73 Å². The first-order valence-electron chi connectivity index (χ1n) is 5.06. The number of hydrogen-bond donors (Lipinski definition) is 2. The molecular weight excluding hydrogens is 336 g/mol. The van der Waals surface area contributed by atoms with Crippen LogP contribution in [0.4, 0.5) is 5.69 Å². The standard InChI is InChI=1S/C11H14Br2N2O/c1-2-3-9(14)11(16)15-10-6-7(12)4-5-8(10)13/h4-6,9H,2-3,14H2,1H3,(H,15,16).